The molecular formula is C19H21F3N4O2. The van der Waals surface area contributed by atoms with E-state index in [0.717, 1.165) is 38.5 Å². The van der Waals surface area contributed by atoms with Crippen LogP contribution < -0.4 is 10.6 Å². The summed E-state index contributed by atoms with van der Waals surface area (Å²) in [5.41, 5.74) is -0.390. The Balaban J connectivity index is 1.60. The number of benzene rings is 1. The zero-order valence-corrected chi connectivity index (χ0v) is 15.2. The lowest BCUT2D eigenvalue weighted by Crippen LogP contribution is -2.44. The van der Waals surface area contributed by atoms with E-state index in [4.69, 9.17) is 0 Å². The Bertz CT molecular complexity index is 831. The minimum atomic E-state index is -4.58. The number of nitrogens with one attached hydrogen (secondary N) is 2. The molecule has 0 radical (unpaired) electrons. The van der Waals surface area contributed by atoms with Gasteiger partial charge in [-0.3, -0.25) is 4.79 Å². The van der Waals surface area contributed by atoms with E-state index in [1.54, 1.807) is 4.90 Å². The predicted molar refractivity (Wildman–Crippen MR) is 95.1 cm³/mol. The molecule has 9 heteroatoms. The molecule has 150 valence electrons. The SMILES string of the molecule is O=C1NC2=C(C(=O)N(CCN3CCCC3)C2)C(c2ccccc2C(F)(F)F)N1. The fourth-order valence-corrected chi connectivity index (χ4v) is 4.12. The third-order valence-electron chi connectivity index (χ3n) is 5.48. The standard InChI is InChI=1S/C19H21F3N4O2/c20-19(21,22)13-6-2-1-5-12(13)16-15-14(23-18(28)24-16)11-26(17(15)27)10-9-25-7-3-4-8-25/h1-2,5-6,16H,3-4,7-11H2,(H2,23,24,28). The third-order valence-corrected chi connectivity index (χ3v) is 5.48. The molecule has 3 aliphatic heterocycles. The van der Waals surface area contributed by atoms with Crippen molar-refractivity contribution in [3.8, 4) is 0 Å². The van der Waals surface area contributed by atoms with E-state index in [2.05, 4.69) is 15.5 Å². The normalized spacial score (nSPS) is 23.1. The lowest BCUT2D eigenvalue weighted by molar-refractivity contribution is -0.138. The van der Waals surface area contributed by atoms with Gasteiger partial charge in [-0.1, -0.05) is 18.2 Å². The summed E-state index contributed by atoms with van der Waals surface area (Å²) in [6, 6.07) is 3.33. The van der Waals surface area contributed by atoms with Crippen molar-refractivity contribution < 1.29 is 22.8 Å². The van der Waals surface area contributed by atoms with Crippen LogP contribution in [0.4, 0.5) is 18.0 Å². The number of likely N-dealkylation sites (tertiary alicyclic amines) is 1. The van der Waals surface area contributed by atoms with Crippen molar-refractivity contribution in [1.29, 1.82) is 0 Å². The second kappa shape index (κ2) is 7.12. The minimum Gasteiger partial charge on any atom is -0.332 e. The number of alkyl halides is 3. The number of amides is 3. The Morgan fingerprint density at radius 2 is 1.79 bits per heavy atom. The maximum atomic E-state index is 13.5. The first-order chi connectivity index (χ1) is 13.3. The smallest absolute Gasteiger partial charge is 0.332 e. The molecule has 2 N–H and O–H groups in total. The number of urea groups is 1. The van der Waals surface area contributed by atoms with E-state index in [0.29, 0.717) is 12.2 Å². The van der Waals surface area contributed by atoms with Gasteiger partial charge in [-0.05, 0) is 37.6 Å². The average molecular weight is 394 g/mol. The Morgan fingerprint density at radius 1 is 1.07 bits per heavy atom. The molecule has 1 atom stereocenters. The molecular weight excluding hydrogens is 373 g/mol. The van der Waals surface area contributed by atoms with Crippen LogP contribution >= 0.6 is 0 Å². The molecule has 1 saturated heterocycles. The van der Waals surface area contributed by atoms with Crippen molar-refractivity contribution >= 4 is 11.9 Å². The highest BCUT2D eigenvalue weighted by molar-refractivity contribution is 6.01. The van der Waals surface area contributed by atoms with Crippen LogP contribution in [0.15, 0.2) is 35.5 Å². The van der Waals surface area contributed by atoms with Crippen LogP contribution in [0.1, 0.15) is 30.0 Å². The number of hydrogen-bond acceptors (Lipinski definition) is 3. The molecule has 1 unspecified atom stereocenters. The summed E-state index contributed by atoms with van der Waals surface area (Å²) < 4.78 is 40.4. The average Bonchev–Trinajstić information content (AvgIpc) is 3.27. The highest BCUT2D eigenvalue weighted by Crippen LogP contribution is 2.39. The molecule has 3 aliphatic rings. The first kappa shape index (κ1) is 18.8. The van der Waals surface area contributed by atoms with Crippen LogP contribution in [0.3, 0.4) is 0 Å². The second-order valence-corrected chi connectivity index (χ2v) is 7.28. The fraction of sp³-hybridized carbons (Fsp3) is 0.474. The summed E-state index contributed by atoms with van der Waals surface area (Å²) >= 11 is 0. The van der Waals surface area contributed by atoms with E-state index >= 15 is 0 Å². The molecule has 1 aromatic carbocycles. The zero-order chi connectivity index (χ0) is 19.9. The lowest BCUT2D eigenvalue weighted by atomic mass is 9.92. The Morgan fingerprint density at radius 3 is 2.50 bits per heavy atom. The van der Waals surface area contributed by atoms with Crippen LogP contribution in [0, 0.1) is 0 Å². The highest BCUT2D eigenvalue weighted by atomic mass is 19.4. The maximum absolute atomic E-state index is 13.5. The molecule has 6 nitrogen and oxygen atoms in total. The monoisotopic (exact) mass is 394 g/mol. The molecule has 28 heavy (non-hydrogen) atoms. The first-order valence-corrected chi connectivity index (χ1v) is 9.33. The van der Waals surface area contributed by atoms with E-state index < -0.39 is 23.8 Å². The van der Waals surface area contributed by atoms with Gasteiger partial charge in [0.25, 0.3) is 5.91 Å². The molecule has 0 aromatic heterocycles. The molecule has 0 aliphatic carbocycles. The van der Waals surface area contributed by atoms with Gasteiger partial charge in [0.2, 0.25) is 0 Å². The number of nitrogens with zero attached hydrogens (tertiary/aromatic N) is 2. The van der Waals surface area contributed by atoms with E-state index in [-0.39, 0.29) is 23.6 Å². The van der Waals surface area contributed by atoms with Crippen LogP contribution in [0.5, 0.6) is 0 Å². The van der Waals surface area contributed by atoms with Crippen molar-refractivity contribution in [2.45, 2.75) is 25.1 Å². The molecule has 3 heterocycles. The van der Waals surface area contributed by atoms with Crippen molar-refractivity contribution in [1.82, 2.24) is 20.4 Å². The molecule has 4 rings (SSSR count). The van der Waals surface area contributed by atoms with Gasteiger partial charge in [-0.25, -0.2) is 4.79 Å². The largest absolute Gasteiger partial charge is 0.416 e. The minimum absolute atomic E-state index is 0.118. The third kappa shape index (κ3) is 3.46. The Kier molecular flexibility index (Phi) is 4.78. The zero-order valence-electron chi connectivity index (χ0n) is 15.2. The van der Waals surface area contributed by atoms with Gasteiger partial charge in [0.05, 0.1) is 29.4 Å². The molecule has 0 spiro atoms. The quantitative estimate of drug-likeness (QED) is 0.824. The van der Waals surface area contributed by atoms with Crippen LogP contribution in [0.25, 0.3) is 0 Å². The van der Waals surface area contributed by atoms with Gasteiger partial charge in [0.1, 0.15) is 0 Å². The van der Waals surface area contributed by atoms with Gasteiger partial charge < -0.3 is 20.4 Å². The number of carbonyl (C=O) groups excluding carboxylic acids is 2. The Hall–Kier alpha value is -2.55. The van der Waals surface area contributed by atoms with Gasteiger partial charge >= 0.3 is 12.2 Å². The molecule has 1 fully saturated rings. The number of carbonyl (C=O) groups is 2. The van der Waals surface area contributed by atoms with Crippen molar-refractivity contribution in [2.24, 2.45) is 0 Å². The van der Waals surface area contributed by atoms with Gasteiger partial charge in [-0.15, -0.1) is 0 Å². The predicted octanol–water partition coefficient (Wildman–Crippen LogP) is 2.25. The van der Waals surface area contributed by atoms with Gasteiger partial charge in [0.15, 0.2) is 0 Å². The van der Waals surface area contributed by atoms with Crippen LogP contribution in [-0.4, -0.2) is 54.5 Å². The molecule has 0 bridgehead atoms. The van der Waals surface area contributed by atoms with Crippen LogP contribution in [-0.2, 0) is 11.0 Å². The second-order valence-electron chi connectivity index (χ2n) is 7.28. The van der Waals surface area contributed by atoms with Crippen molar-refractivity contribution in [3.05, 3.63) is 46.7 Å². The Labute approximate surface area is 160 Å². The number of halogens is 3. The maximum Gasteiger partial charge on any atom is 0.416 e. The first-order valence-electron chi connectivity index (χ1n) is 9.33. The fourth-order valence-electron chi connectivity index (χ4n) is 4.12. The topological polar surface area (TPSA) is 64.7 Å². The molecule has 3 amide bonds. The number of rotatable bonds is 4. The summed E-state index contributed by atoms with van der Waals surface area (Å²) in [7, 11) is 0. The van der Waals surface area contributed by atoms with E-state index in [1.807, 2.05) is 0 Å². The summed E-state index contributed by atoms with van der Waals surface area (Å²) in [4.78, 5) is 28.9. The van der Waals surface area contributed by atoms with Gasteiger partial charge in [0, 0.05) is 13.1 Å². The van der Waals surface area contributed by atoms with Gasteiger partial charge in [-0.2, -0.15) is 13.2 Å². The summed E-state index contributed by atoms with van der Waals surface area (Å²) in [5.74, 6) is -0.330. The van der Waals surface area contributed by atoms with Crippen molar-refractivity contribution in [2.75, 3.05) is 32.7 Å². The molecule has 1 aromatic rings. The molecule has 0 saturated carbocycles. The summed E-state index contributed by atoms with van der Waals surface area (Å²) in [5, 5.41) is 5.10. The van der Waals surface area contributed by atoms with Crippen molar-refractivity contribution in [3.63, 3.8) is 0 Å². The highest BCUT2D eigenvalue weighted by Gasteiger charge is 2.43. The summed E-state index contributed by atoms with van der Waals surface area (Å²) in [6.45, 7) is 3.40. The van der Waals surface area contributed by atoms with Crippen LogP contribution in [0.2, 0.25) is 0 Å². The van der Waals surface area contributed by atoms with E-state index in [9.17, 15) is 22.8 Å². The van der Waals surface area contributed by atoms with E-state index in [1.165, 1.54) is 18.2 Å². The summed E-state index contributed by atoms with van der Waals surface area (Å²) in [6.07, 6.45) is -2.30. The number of hydrogen-bond donors (Lipinski definition) is 2. The lowest BCUT2D eigenvalue weighted by Gasteiger charge is -2.27.